The molecule has 2 saturated carbocycles. The van der Waals surface area contributed by atoms with Crippen molar-refractivity contribution in [2.45, 2.75) is 89.6 Å². The Labute approximate surface area is 169 Å². The SMILES string of the molecule is C/C=C/CCc1ccc(C2CCC(C3CCC(OCC)CC3(F)F)CC2)cc1. The maximum absolute atomic E-state index is 14.7. The molecule has 2 aliphatic carbocycles. The summed E-state index contributed by atoms with van der Waals surface area (Å²) in [5, 5.41) is 0. The number of hydrogen-bond donors (Lipinski definition) is 0. The zero-order chi connectivity index (χ0) is 20.0. The Hall–Kier alpha value is -1.22. The van der Waals surface area contributed by atoms with Crippen LogP contribution in [0.2, 0.25) is 0 Å². The molecular weight excluding hydrogens is 354 g/mol. The van der Waals surface area contributed by atoms with E-state index in [1.165, 1.54) is 11.1 Å². The van der Waals surface area contributed by atoms with Gasteiger partial charge in [0.25, 0.3) is 5.92 Å². The molecule has 0 aliphatic heterocycles. The molecule has 3 rings (SSSR count). The van der Waals surface area contributed by atoms with Crippen molar-refractivity contribution < 1.29 is 13.5 Å². The standard InChI is InChI=1S/C25H36F2O/c1-3-5-6-7-19-8-10-20(11-9-19)21-12-14-22(15-13-21)24-17-16-23(28-4-2)18-25(24,26)27/h3,5,8-11,21-24H,4,6-7,12-18H2,1-2H3/b5-3+. The molecule has 3 heteroatoms. The van der Waals surface area contributed by atoms with Crippen molar-refractivity contribution in [3.63, 3.8) is 0 Å². The predicted molar refractivity (Wildman–Crippen MR) is 112 cm³/mol. The van der Waals surface area contributed by atoms with Crippen LogP contribution in [0, 0.1) is 11.8 Å². The third-order valence-corrected chi connectivity index (χ3v) is 6.87. The Morgan fingerprint density at radius 1 is 1.04 bits per heavy atom. The summed E-state index contributed by atoms with van der Waals surface area (Å²) >= 11 is 0. The molecule has 0 heterocycles. The minimum absolute atomic E-state index is 0.0832. The van der Waals surface area contributed by atoms with E-state index in [0.717, 1.165) is 44.9 Å². The molecule has 0 saturated heterocycles. The minimum Gasteiger partial charge on any atom is -0.378 e. The lowest BCUT2D eigenvalue weighted by Crippen LogP contribution is -2.43. The summed E-state index contributed by atoms with van der Waals surface area (Å²) in [6, 6.07) is 9.01. The molecule has 0 amide bonds. The van der Waals surface area contributed by atoms with Crippen LogP contribution >= 0.6 is 0 Å². The van der Waals surface area contributed by atoms with Crippen LogP contribution in [0.4, 0.5) is 8.78 Å². The molecule has 0 spiro atoms. The fourth-order valence-corrected chi connectivity index (χ4v) is 5.32. The van der Waals surface area contributed by atoms with Gasteiger partial charge in [-0.05, 0) is 88.2 Å². The molecule has 0 aromatic heterocycles. The third-order valence-electron chi connectivity index (χ3n) is 6.87. The van der Waals surface area contributed by atoms with E-state index in [1.54, 1.807) is 0 Å². The number of halogens is 2. The molecule has 156 valence electrons. The topological polar surface area (TPSA) is 9.23 Å². The van der Waals surface area contributed by atoms with Crippen LogP contribution in [0.25, 0.3) is 0 Å². The van der Waals surface area contributed by atoms with E-state index < -0.39 is 11.8 Å². The fourth-order valence-electron chi connectivity index (χ4n) is 5.32. The maximum atomic E-state index is 14.7. The molecule has 1 nitrogen and oxygen atoms in total. The van der Waals surface area contributed by atoms with E-state index in [9.17, 15) is 8.78 Å². The smallest absolute Gasteiger partial charge is 0.253 e. The Balaban J connectivity index is 1.51. The quantitative estimate of drug-likeness (QED) is 0.444. The highest BCUT2D eigenvalue weighted by Gasteiger charge is 2.49. The van der Waals surface area contributed by atoms with E-state index >= 15 is 0 Å². The number of ether oxygens (including phenoxy) is 1. The van der Waals surface area contributed by atoms with Crippen molar-refractivity contribution in [2.24, 2.45) is 11.8 Å². The molecule has 28 heavy (non-hydrogen) atoms. The molecule has 1 aromatic rings. The van der Waals surface area contributed by atoms with Gasteiger partial charge in [-0.3, -0.25) is 0 Å². The van der Waals surface area contributed by atoms with Gasteiger partial charge in [-0.2, -0.15) is 0 Å². The summed E-state index contributed by atoms with van der Waals surface area (Å²) < 4.78 is 35.0. The normalized spacial score (nSPS) is 30.6. The molecule has 2 fully saturated rings. The van der Waals surface area contributed by atoms with Crippen LogP contribution < -0.4 is 0 Å². The van der Waals surface area contributed by atoms with Gasteiger partial charge in [0.15, 0.2) is 0 Å². The first-order chi connectivity index (χ1) is 13.5. The Bertz CT molecular complexity index is 614. The molecule has 2 aliphatic rings. The lowest BCUT2D eigenvalue weighted by atomic mass is 9.68. The summed E-state index contributed by atoms with van der Waals surface area (Å²) in [5.41, 5.74) is 2.77. The van der Waals surface area contributed by atoms with E-state index in [0.29, 0.717) is 18.9 Å². The van der Waals surface area contributed by atoms with Crippen molar-refractivity contribution in [2.75, 3.05) is 6.61 Å². The molecule has 2 unspecified atom stereocenters. The Morgan fingerprint density at radius 2 is 1.75 bits per heavy atom. The first kappa shape index (κ1) is 21.5. The van der Waals surface area contributed by atoms with Gasteiger partial charge in [-0.1, -0.05) is 36.4 Å². The van der Waals surface area contributed by atoms with Gasteiger partial charge in [0, 0.05) is 18.9 Å². The van der Waals surface area contributed by atoms with Gasteiger partial charge in [0.05, 0.1) is 6.10 Å². The monoisotopic (exact) mass is 390 g/mol. The largest absolute Gasteiger partial charge is 0.378 e. The van der Waals surface area contributed by atoms with Crippen LogP contribution in [0.3, 0.4) is 0 Å². The zero-order valence-corrected chi connectivity index (χ0v) is 17.5. The Morgan fingerprint density at radius 3 is 2.36 bits per heavy atom. The molecule has 0 radical (unpaired) electrons. The van der Waals surface area contributed by atoms with Gasteiger partial charge in [0.2, 0.25) is 0 Å². The van der Waals surface area contributed by atoms with Crippen LogP contribution in [0.15, 0.2) is 36.4 Å². The summed E-state index contributed by atoms with van der Waals surface area (Å²) in [7, 11) is 0. The van der Waals surface area contributed by atoms with Crippen LogP contribution in [0.1, 0.15) is 82.3 Å². The van der Waals surface area contributed by atoms with Crippen molar-refractivity contribution in [3.8, 4) is 0 Å². The lowest BCUT2D eigenvalue weighted by Gasteiger charge is -2.42. The highest BCUT2D eigenvalue weighted by molar-refractivity contribution is 5.26. The summed E-state index contributed by atoms with van der Waals surface area (Å²) in [6.07, 6.45) is 11.5. The minimum atomic E-state index is -2.57. The van der Waals surface area contributed by atoms with Crippen molar-refractivity contribution >= 4 is 0 Å². The van der Waals surface area contributed by atoms with Crippen molar-refractivity contribution in [1.82, 2.24) is 0 Å². The van der Waals surface area contributed by atoms with Crippen molar-refractivity contribution in [1.29, 1.82) is 0 Å². The van der Waals surface area contributed by atoms with Gasteiger partial charge in [0.1, 0.15) is 0 Å². The van der Waals surface area contributed by atoms with Gasteiger partial charge < -0.3 is 4.74 Å². The molecule has 2 atom stereocenters. The fraction of sp³-hybridized carbons (Fsp3) is 0.680. The highest BCUT2D eigenvalue weighted by Crippen LogP contribution is 2.49. The van der Waals surface area contributed by atoms with Gasteiger partial charge >= 0.3 is 0 Å². The number of rotatable bonds is 7. The number of aryl methyl sites for hydroxylation is 1. The molecule has 0 N–H and O–H groups in total. The zero-order valence-electron chi connectivity index (χ0n) is 17.5. The van der Waals surface area contributed by atoms with Crippen LogP contribution in [-0.2, 0) is 11.2 Å². The number of hydrogen-bond acceptors (Lipinski definition) is 1. The number of benzene rings is 1. The van der Waals surface area contributed by atoms with E-state index in [-0.39, 0.29) is 18.4 Å². The number of allylic oxidation sites excluding steroid dienone is 2. The Kier molecular flexibility index (Phi) is 7.68. The predicted octanol–water partition coefficient (Wildman–Crippen LogP) is 7.31. The lowest BCUT2D eigenvalue weighted by molar-refractivity contribution is -0.151. The van der Waals surface area contributed by atoms with Gasteiger partial charge in [-0.15, -0.1) is 0 Å². The number of alkyl halides is 2. The summed E-state index contributed by atoms with van der Waals surface area (Å²) in [6.45, 7) is 4.48. The first-order valence-electron chi connectivity index (χ1n) is 11.2. The van der Waals surface area contributed by atoms with E-state index in [1.807, 2.05) is 6.92 Å². The molecular formula is C25H36F2O. The van der Waals surface area contributed by atoms with Gasteiger partial charge in [-0.25, -0.2) is 8.78 Å². The van der Waals surface area contributed by atoms with Crippen molar-refractivity contribution in [3.05, 3.63) is 47.5 Å². The molecule has 0 bridgehead atoms. The van der Waals surface area contributed by atoms with E-state index in [4.69, 9.17) is 4.74 Å². The van der Waals surface area contributed by atoms with Crippen LogP contribution in [0.5, 0.6) is 0 Å². The van der Waals surface area contributed by atoms with Crippen LogP contribution in [-0.4, -0.2) is 18.6 Å². The first-order valence-corrected chi connectivity index (χ1v) is 11.2. The second-order valence-corrected chi connectivity index (χ2v) is 8.69. The molecule has 1 aromatic carbocycles. The van der Waals surface area contributed by atoms with E-state index in [2.05, 4.69) is 43.3 Å². The second-order valence-electron chi connectivity index (χ2n) is 8.69. The summed E-state index contributed by atoms with van der Waals surface area (Å²) in [4.78, 5) is 0. The third kappa shape index (κ3) is 5.43. The average molecular weight is 391 g/mol. The summed E-state index contributed by atoms with van der Waals surface area (Å²) in [5.74, 6) is -2.30. The maximum Gasteiger partial charge on any atom is 0.253 e. The second kappa shape index (κ2) is 10.0. The highest BCUT2D eigenvalue weighted by atomic mass is 19.3. The average Bonchev–Trinajstić information content (AvgIpc) is 2.69.